The third-order valence-corrected chi connectivity index (χ3v) is 7.76. The normalized spacial score (nSPS) is 12.2. The molecule has 0 saturated carbocycles. The van der Waals surface area contributed by atoms with E-state index in [0.717, 1.165) is 24.7 Å². The molecule has 10 heteroatoms. The highest BCUT2D eigenvalue weighted by Gasteiger charge is 2.27. The topological polar surface area (TPSA) is 86.8 Å². The molecule has 36 heavy (non-hydrogen) atoms. The summed E-state index contributed by atoms with van der Waals surface area (Å²) in [6.07, 6.45) is 3.24. The minimum atomic E-state index is -3.54. The lowest BCUT2D eigenvalue weighted by atomic mass is 10.1. The van der Waals surface area contributed by atoms with E-state index in [2.05, 4.69) is 5.32 Å². The Morgan fingerprint density at radius 1 is 1.03 bits per heavy atom. The molecule has 2 amide bonds. The van der Waals surface area contributed by atoms with Gasteiger partial charge in [-0.05, 0) is 51.0 Å². The minimum absolute atomic E-state index is 0.0481. The molecular weight excluding hydrogens is 521 g/mol. The molecule has 198 valence electrons. The van der Waals surface area contributed by atoms with Gasteiger partial charge >= 0.3 is 0 Å². The first-order chi connectivity index (χ1) is 17.0. The van der Waals surface area contributed by atoms with E-state index in [0.29, 0.717) is 27.8 Å². The fourth-order valence-corrected chi connectivity index (χ4v) is 5.17. The van der Waals surface area contributed by atoms with Crippen LogP contribution in [0.5, 0.6) is 0 Å². The molecule has 0 aliphatic heterocycles. The number of hydrogen-bond donors (Lipinski definition) is 1. The van der Waals surface area contributed by atoms with Crippen molar-refractivity contribution in [2.24, 2.45) is 0 Å². The maximum Gasteiger partial charge on any atom is 0.242 e. The molecule has 2 rings (SSSR count). The SMILES string of the molecule is CCCCNC(=O)[C@@H](C)N(Cc1c(Cl)cccc1Cl)C(=O)CCCN(c1ccc(C)cc1)S(C)(=O)=O. The average Bonchev–Trinajstić information content (AvgIpc) is 2.81. The maximum absolute atomic E-state index is 13.4. The zero-order valence-corrected chi connectivity index (χ0v) is 23.6. The molecule has 0 fully saturated rings. The van der Waals surface area contributed by atoms with E-state index in [1.165, 1.54) is 9.21 Å². The number of nitrogens with zero attached hydrogens (tertiary/aromatic N) is 2. The molecule has 0 unspecified atom stereocenters. The van der Waals surface area contributed by atoms with Crippen molar-refractivity contribution in [1.29, 1.82) is 0 Å². The number of aryl methyl sites for hydroxylation is 1. The number of benzene rings is 2. The molecular formula is C26H35Cl2N3O4S. The number of carbonyl (C=O) groups excluding carboxylic acids is 2. The number of rotatable bonds is 13. The lowest BCUT2D eigenvalue weighted by Crippen LogP contribution is -2.48. The van der Waals surface area contributed by atoms with Gasteiger partial charge in [0.2, 0.25) is 21.8 Å². The largest absolute Gasteiger partial charge is 0.354 e. The van der Waals surface area contributed by atoms with Crippen LogP contribution in [0.25, 0.3) is 0 Å². The number of hydrogen-bond acceptors (Lipinski definition) is 4. The van der Waals surface area contributed by atoms with Gasteiger partial charge in [-0.2, -0.15) is 0 Å². The van der Waals surface area contributed by atoms with Crippen LogP contribution in [0.3, 0.4) is 0 Å². The van der Waals surface area contributed by atoms with Crippen LogP contribution in [0.4, 0.5) is 5.69 Å². The Kier molecular flexibility index (Phi) is 11.5. The monoisotopic (exact) mass is 555 g/mol. The Balaban J connectivity index is 2.19. The van der Waals surface area contributed by atoms with Crippen LogP contribution in [-0.2, 0) is 26.2 Å². The van der Waals surface area contributed by atoms with Gasteiger partial charge in [-0.15, -0.1) is 0 Å². The minimum Gasteiger partial charge on any atom is -0.354 e. The van der Waals surface area contributed by atoms with Crippen LogP contribution >= 0.6 is 23.2 Å². The summed E-state index contributed by atoms with van der Waals surface area (Å²) in [7, 11) is -3.54. The zero-order valence-electron chi connectivity index (χ0n) is 21.3. The van der Waals surface area contributed by atoms with E-state index in [1.807, 2.05) is 26.0 Å². The van der Waals surface area contributed by atoms with Gasteiger partial charge in [0.05, 0.1) is 11.9 Å². The second-order valence-corrected chi connectivity index (χ2v) is 11.5. The number of unbranched alkanes of at least 4 members (excludes halogenated alkanes) is 1. The predicted molar refractivity (Wildman–Crippen MR) is 147 cm³/mol. The molecule has 0 bridgehead atoms. The standard InChI is InChI=1S/C26H35Cl2N3O4S/c1-5-6-16-29-26(33)20(3)30(18-22-23(27)9-7-10-24(22)28)25(32)11-8-17-31(36(4,34)35)21-14-12-19(2)13-15-21/h7,9-10,12-15,20H,5-6,8,11,16-18H2,1-4H3,(H,29,33)/t20-/m1/s1. The quantitative estimate of drug-likeness (QED) is 0.345. The van der Waals surface area contributed by atoms with Gasteiger partial charge in [0.1, 0.15) is 6.04 Å². The first kappa shape index (κ1) is 29.9. The van der Waals surface area contributed by atoms with Gasteiger partial charge < -0.3 is 10.2 Å². The van der Waals surface area contributed by atoms with E-state index >= 15 is 0 Å². The molecule has 0 aromatic heterocycles. The number of nitrogens with one attached hydrogen (secondary N) is 1. The summed E-state index contributed by atoms with van der Waals surface area (Å²) in [5.41, 5.74) is 2.11. The van der Waals surface area contributed by atoms with Crippen molar-refractivity contribution >= 4 is 50.7 Å². The van der Waals surface area contributed by atoms with Crippen molar-refractivity contribution in [1.82, 2.24) is 10.2 Å². The second kappa shape index (κ2) is 13.9. The zero-order chi connectivity index (χ0) is 26.9. The Hall–Kier alpha value is -2.29. The van der Waals surface area contributed by atoms with Crippen molar-refractivity contribution in [2.45, 2.75) is 59.0 Å². The van der Waals surface area contributed by atoms with E-state index in [4.69, 9.17) is 23.2 Å². The number of amides is 2. The Morgan fingerprint density at radius 3 is 2.19 bits per heavy atom. The summed E-state index contributed by atoms with van der Waals surface area (Å²) in [5, 5.41) is 3.68. The number of carbonyl (C=O) groups is 2. The molecule has 0 radical (unpaired) electrons. The van der Waals surface area contributed by atoms with Crippen LogP contribution in [0.2, 0.25) is 10.0 Å². The van der Waals surface area contributed by atoms with Gasteiger partial charge in [-0.25, -0.2) is 8.42 Å². The van der Waals surface area contributed by atoms with Gasteiger partial charge in [-0.3, -0.25) is 13.9 Å². The molecule has 2 aromatic rings. The molecule has 2 aromatic carbocycles. The number of sulfonamides is 1. The molecule has 0 spiro atoms. The molecule has 0 heterocycles. The third-order valence-electron chi connectivity index (χ3n) is 5.86. The lowest BCUT2D eigenvalue weighted by Gasteiger charge is -2.30. The average molecular weight is 557 g/mol. The van der Waals surface area contributed by atoms with Crippen molar-refractivity contribution in [2.75, 3.05) is 23.7 Å². The lowest BCUT2D eigenvalue weighted by molar-refractivity contribution is -0.140. The summed E-state index contributed by atoms with van der Waals surface area (Å²) in [6, 6.07) is 11.5. The van der Waals surface area contributed by atoms with E-state index in [9.17, 15) is 18.0 Å². The van der Waals surface area contributed by atoms with Gasteiger partial charge in [0, 0.05) is 41.7 Å². The summed E-state index contributed by atoms with van der Waals surface area (Å²) in [6.45, 7) is 6.33. The summed E-state index contributed by atoms with van der Waals surface area (Å²) >= 11 is 12.7. The maximum atomic E-state index is 13.4. The third kappa shape index (κ3) is 8.68. The van der Waals surface area contributed by atoms with E-state index in [1.54, 1.807) is 37.3 Å². The van der Waals surface area contributed by atoms with Gasteiger partial charge in [0.15, 0.2) is 0 Å². The molecule has 1 atom stereocenters. The fourth-order valence-electron chi connectivity index (χ4n) is 3.69. The summed E-state index contributed by atoms with van der Waals surface area (Å²) in [5.74, 6) is -0.557. The highest BCUT2D eigenvalue weighted by molar-refractivity contribution is 7.92. The highest BCUT2D eigenvalue weighted by atomic mass is 35.5. The van der Waals surface area contributed by atoms with Gasteiger partial charge in [-0.1, -0.05) is 60.3 Å². The van der Waals surface area contributed by atoms with Crippen molar-refractivity contribution in [3.05, 3.63) is 63.6 Å². The van der Waals surface area contributed by atoms with E-state index in [-0.39, 0.29) is 37.7 Å². The Bertz CT molecular complexity index is 1120. The Morgan fingerprint density at radius 2 is 1.64 bits per heavy atom. The van der Waals surface area contributed by atoms with Crippen LogP contribution < -0.4 is 9.62 Å². The van der Waals surface area contributed by atoms with Crippen LogP contribution in [0, 0.1) is 6.92 Å². The first-order valence-electron chi connectivity index (χ1n) is 12.0. The van der Waals surface area contributed by atoms with Crippen molar-refractivity contribution in [3.8, 4) is 0 Å². The van der Waals surface area contributed by atoms with Gasteiger partial charge in [0.25, 0.3) is 0 Å². The second-order valence-electron chi connectivity index (χ2n) is 8.82. The fraction of sp³-hybridized carbons (Fsp3) is 0.462. The van der Waals surface area contributed by atoms with Crippen LogP contribution in [0.15, 0.2) is 42.5 Å². The first-order valence-corrected chi connectivity index (χ1v) is 14.6. The number of halogens is 2. The number of anilines is 1. The van der Waals surface area contributed by atoms with Crippen molar-refractivity contribution in [3.63, 3.8) is 0 Å². The van der Waals surface area contributed by atoms with Crippen LogP contribution in [-0.4, -0.2) is 50.5 Å². The summed E-state index contributed by atoms with van der Waals surface area (Å²) < 4.78 is 26.1. The smallest absolute Gasteiger partial charge is 0.242 e. The molecule has 7 nitrogen and oxygen atoms in total. The van der Waals surface area contributed by atoms with Crippen molar-refractivity contribution < 1.29 is 18.0 Å². The summed E-state index contributed by atoms with van der Waals surface area (Å²) in [4.78, 5) is 27.6. The van der Waals surface area contributed by atoms with Crippen LogP contribution in [0.1, 0.15) is 50.7 Å². The predicted octanol–water partition coefficient (Wildman–Crippen LogP) is 5.18. The molecule has 0 aliphatic rings. The van der Waals surface area contributed by atoms with E-state index < -0.39 is 16.1 Å². The highest BCUT2D eigenvalue weighted by Crippen LogP contribution is 2.27. The molecule has 0 saturated heterocycles. The molecule has 1 N–H and O–H groups in total. The Labute approximate surface area is 224 Å². The molecule has 0 aliphatic carbocycles.